The molecule has 1 fully saturated rings. The van der Waals surface area contributed by atoms with Crippen molar-refractivity contribution < 1.29 is 0 Å². The van der Waals surface area contributed by atoms with E-state index < -0.39 is 0 Å². The SMILES string of the molecule is CC1CN(C(C)I)C1. The second kappa shape index (κ2) is 2.52. The Hall–Kier alpha value is 0.690. The molecule has 0 spiro atoms. The molecule has 1 rings (SSSR count). The normalized spacial score (nSPS) is 27.4. The van der Waals surface area contributed by atoms with Crippen molar-refractivity contribution in [3.8, 4) is 0 Å². The fraction of sp³-hybridized carbons (Fsp3) is 1.00. The molecule has 1 aliphatic heterocycles. The van der Waals surface area contributed by atoms with Crippen molar-refractivity contribution in [2.45, 2.75) is 17.9 Å². The van der Waals surface area contributed by atoms with Crippen LogP contribution >= 0.6 is 22.6 Å². The highest BCUT2D eigenvalue weighted by atomic mass is 127. The van der Waals surface area contributed by atoms with Gasteiger partial charge in [0.25, 0.3) is 0 Å². The number of rotatable bonds is 1. The molecule has 0 aromatic rings. The average molecular weight is 225 g/mol. The van der Waals surface area contributed by atoms with Crippen LogP contribution in [0.3, 0.4) is 0 Å². The number of alkyl halides is 1. The van der Waals surface area contributed by atoms with Crippen LogP contribution in [-0.2, 0) is 0 Å². The number of hydrogen-bond acceptors (Lipinski definition) is 1. The van der Waals surface area contributed by atoms with E-state index in [0.29, 0.717) is 0 Å². The van der Waals surface area contributed by atoms with Crippen LogP contribution in [0.5, 0.6) is 0 Å². The molecule has 1 unspecified atom stereocenters. The molecular formula is C6H12IN. The van der Waals surface area contributed by atoms with Crippen molar-refractivity contribution in [2.75, 3.05) is 13.1 Å². The zero-order chi connectivity index (χ0) is 6.15. The summed E-state index contributed by atoms with van der Waals surface area (Å²) in [5.41, 5.74) is 0. The maximum Gasteiger partial charge on any atom is 0.0590 e. The molecular weight excluding hydrogens is 213 g/mol. The van der Waals surface area contributed by atoms with E-state index in [1.54, 1.807) is 0 Å². The van der Waals surface area contributed by atoms with E-state index in [9.17, 15) is 0 Å². The molecule has 8 heavy (non-hydrogen) atoms. The Morgan fingerprint density at radius 1 is 1.62 bits per heavy atom. The van der Waals surface area contributed by atoms with Gasteiger partial charge < -0.3 is 0 Å². The van der Waals surface area contributed by atoms with Gasteiger partial charge in [-0.1, -0.05) is 29.5 Å². The van der Waals surface area contributed by atoms with Gasteiger partial charge in [-0.2, -0.15) is 0 Å². The van der Waals surface area contributed by atoms with Gasteiger partial charge in [0.05, 0.1) is 4.05 Å². The molecule has 0 radical (unpaired) electrons. The van der Waals surface area contributed by atoms with Crippen LogP contribution in [0.2, 0.25) is 0 Å². The minimum absolute atomic E-state index is 0.740. The van der Waals surface area contributed by atoms with Crippen molar-refractivity contribution in [3.63, 3.8) is 0 Å². The quantitative estimate of drug-likeness (QED) is 0.373. The first-order valence-electron chi connectivity index (χ1n) is 3.08. The first-order chi connectivity index (χ1) is 3.70. The van der Waals surface area contributed by atoms with Crippen molar-refractivity contribution in [1.29, 1.82) is 0 Å². The highest BCUT2D eigenvalue weighted by Crippen LogP contribution is 2.20. The summed E-state index contributed by atoms with van der Waals surface area (Å²) in [5, 5.41) is 0. The molecule has 0 aromatic heterocycles. The molecule has 0 N–H and O–H groups in total. The first kappa shape index (κ1) is 6.81. The van der Waals surface area contributed by atoms with E-state index in [2.05, 4.69) is 41.3 Å². The number of hydrogen-bond donors (Lipinski definition) is 0. The summed E-state index contributed by atoms with van der Waals surface area (Å²) in [6, 6.07) is 0. The predicted octanol–water partition coefficient (Wildman–Crippen LogP) is 1.72. The second-order valence-electron chi connectivity index (χ2n) is 2.63. The minimum Gasteiger partial charge on any atom is -0.291 e. The zero-order valence-electron chi connectivity index (χ0n) is 5.39. The highest BCUT2D eigenvalue weighted by molar-refractivity contribution is 14.1. The Labute approximate surface area is 64.6 Å². The molecule has 1 heterocycles. The monoisotopic (exact) mass is 225 g/mol. The number of halogens is 1. The van der Waals surface area contributed by atoms with Gasteiger partial charge in [0, 0.05) is 13.1 Å². The molecule has 0 bridgehead atoms. The Balaban J connectivity index is 2.15. The third-order valence-corrected chi connectivity index (χ3v) is 2.38. The van der Waals surface area contributed by atoms with E-state index in [-0.39, 0.29) is 0 Å². The standard InChI is InChI=1S/C6H12IN/c1-5-3-8(4-5)6(2)7/h5-6H,3-4H2,1-2H3. The van der Waals surface area contributed by atoms with Crippen LogP contribution in [0.4, 0.5) is 0 Å². The van der Waals surface area contributed by atoms with E-state index in [1.807, 2.05) is 0 Å². The van der Waals surface area contributed by atoms with Gasteiger partial charge in [0.2, 0.25) is 0 Å². The molecule has 0 aliphatic carbocycles. The lowest BCUT2D eigenvalue weighted by Gasteiger charge is -2.39. The van der Waals surface area contributed by atoms with Crippen LogP contribution in [0.1, 0.15) is 13.8 Å². The van der Waals surface area contributed by atoms with E-state index in [0.717, 1.165) is 9.97 Å². The summed E-state index contributed by atoms with van der Waals surface area (Å²) in [6.07, 6.45) is 0. The number of likely N-dealkylation sites (tertiary alicyclic amines) is 1. The van der Waals surface area contributed by atoms with Gasteiger partial charge in [-0.25, -0.2) is 0 Å². The summed E-state index contributed by atoms with van der Waals surface area (Å²) in [6.45, 7) is 7.16. The smallest absolute Gasteiger partial charge is 0.0590 e. The highest BCUT2D eigenvalue weighted by Gasteiger charge is 2.24. The van der Waals surface area contributed by atoms with Gasteiger partial charge in [0.15, 0.2) is 0 Å². The zero-order valence-corrected chi connectivity index (χ0v) is 7.55. The lowest BCUT2D eigenvalue weighted by Crippen LogP contribution is -2.47. The molecule has 0 aromatic carbocycles. The maximum absolute atomic E-state index is 2.48. The summed E-state index contributed by atoms with van der Waals surface area (Å²) in [4.78, 5) is 2.48. The van der Waals surface area contributed by atoms with E-state index in [4.69, 9.17) is 0 Å². The van der Waals surface area contributed by atoms with E-state index in [1.165, 1.54) is 13.1 Å². The number of nitrogens with zero attached hydrogens (tertiary/aromatic N) is 1. The Kier molecular flexibility index (Phi) is 2.14. The Morgan fingerprint density at radius 2 is 2.12 bits per heavy atom. The Morgan fingerprint density at radius 3 is 2.25 bits per heavy atom. The van der Waals surface area contributed by atoms with Crippen LogP contribution in [0.15, 0.2) is 0 Å². The maximum atomic E-state index is 2.48. The first-order valence-corrected chi connectivity index (χ1v) is 4.33. The average Bonchev–Trinajstić information content (AvgIpc) is 1.57. The van der Waals surface area contributed by atoms with Crippen LogP contribution in [0, 0.1) is 5.92 Å². The van der Waals surface area contributed by atoms with Crippen LogP contribution < -0.4 is 0 Å². The van der Waals surface area contributed by atoms with Gasteiger partial charge in [-0.15, -0.1) is 0 Å². The predicted molar refractivity (Wildman–Crippen MR) is 44.2 cm³/mol. The molecule has 0 saturated carbocycles. The molecule has 0 amide bonds. The molecule has 48 valence electrons. The lowest BCUT2D eigenvalue weighted by atomic mass is 10.0. The molecule has 2 heteroatoms. The van der Waals surface area contributed by atoms with Crippen molar-refractivity contribution >= 4 is 22.6 Å². The van der Waals surface area contributed by atoms with Gasteiger partial charge in [-0.3, -0.25) is 4.90 Å². The van der Waals surface area contributed by atoms with Gasteiger partial charge in [0.1, 0.15) is 0 Å². The third-order valence-electron chi connectivity index (χ3n) is 1.60. The molecule has 1 aliphatic rings. The minimum atomic E-state index is 0.740. The van der Waals surface area contributed by atoms with Crippen molar-refractivity contribution in [1.82, 2.24) is 4.90 Å². The van der Waals surface area contributed by atoms with Gasteiger partial charge >= 0.3 is 0 Å². The summed E-state index contributed by atoms with van der Waals surface area (Å²) in [5.74, 6) is 0.951. The molecule has 1 atom stereocenters. The van der Waals surface area contributed by atoms with E-state index >= 15 is 0 Å². The van der Waals surface area contributed by atoms with Crippen molar-refractivity contribution in [2.24, 2.45) is 5.92 Å². The Bertz CT molecular complexity index is 76.6. The summed E-state index contributed by atoms with van der Waals surface area (Å²) < 4.78 is 0.740. The topological polar surface area (TPSA) is 3.24 Å². The largest absolute Gasteiger partial charge is 0.291 e. The van der Waals surface area contributed by atoms with Crippen LogP contribution in [0.25, 0.3) is 0 Å². The summed E-state index contributed by atoms with van der Waals surface area (Å²) >= 11 is 2.46. The fourth-order valence-corrected chi connectivity index (χ4v) is 1.49. The third kappa shape index (κ3) is 1.35. The molecule has 1 nitrogen and oxygen atoms in total. The molecule has 1 saturated heterocycles. The second-order valence-corrected chi connectivity index (χ2v) is 4.44. The van der Waals surface area contributed by atoms with Crippen molar-refractivity contribution in [3.05, 3.63) is 0 Å². The van der Waals surface area contributed by atoms with Gasteiger partial charge in [-0.05, 0) is 12.8 Å². The fourth-order valence-electron chi connectivity index (χ4n) is 1.04. The summed E-state index contributed by atoms with van der Waals surface area (Å²) in [7, 11) is 0. The lowest BCUT2D eigenvalue weighted by molar-refractivity contribution is 0.113. The van der Waals surface area contributed by atoms with Crippen LogP contribution in [-0.4, -0.2) is 22.0 Å².